The number of hydrogen-bond donors (Lipinski definition) is 1. The molecule has 0 bridgehead atoms. The van der Waals surface area contributed by atoms with E-state index in [4.69, 9.17) is 9.72 Å². The van der Waals surface area contributed by atoms with E-state index in [1.807, 2.05) is 0 Å². The standard InChI is InChI=1S/C14H22N4OS/c1-14(2,3)15-10-11-12(17-4-7-19-8-5-17)16-13-18(11)6-9-20-13/h6,9,15H,4-5,7-8,10H2,1-3H3. The SMILES string of the molecule is CC(C)(C)NCc1c(N2CCOCC2)nc2sccn12. The van der Waals surface area contributed by atoms with Gasteiger partial charge in [-0.15, -0.1) is 11.3 Å². The van der Waals surface area contributed by atoms with E-state index in [9.17, 15) is 0 Å². The second kappa shape index (κ2) is 5.35. The van der Waals surface area contributed by atoms with Crippen LogP contribution in [-0.2, 0) is 11.3 Å². The first kappa shape index (κ1) is 13.9. The first-order valence-electron chi connectivity index (χ1n) is 7.07. The zero-order valence-corrected chi connectivity index (χ0v) is 13.2. The van der Waals surface area contributed by atoms with Crippen molar-refractivity contribution in [2.75, 3.05) is 31.2 Å². The van der Waals surface area contributed by atoms with E-state index in [0.717, 1.165) is 43.6 Å². The average molecular weight is 294 g/mol. The minimum atomic E-state index is 0.0997. The Bertz CT molecular complexity index is 578. The number of rotatable bonds is 3. The van der Waals surface area contributed by atoms with Gasteiger partial charge < -0.3 is 15.0 Å². The number of morpholine rings is 1. The fraction of sp³-hybridized carbons (Fsp3) is 0.643. The van der Waals surface area contributed by atoms with Crippen LogP contribution in [0.3, 0.4) is 0 Å². The highest BCUT2D eigenvalue weighted by Crippen LogP contribution is 2.25. The molecule has 0 atom stereocenters. The molecule has 1 N–H and O–H groups in total. The van der Waals surface area contributed by atoms with Gasteiger partial charge in [-0.05, 0) is 20.8 Å². The summed E-state index contributed by atoms with van der Waals surface area (Å²) in [5.74, 6) is 1.11. The van der Waals surface area contributed by atoms with Crippen molar-refractivity contribution in [3.8, 4) is 0 Å². The van der Waals surface area contributed by atoms with Crippen LogP contribution < -0.4 is 10.2 Å². The van der Waals surface area contributed by atoms with Gasteiger partial charge in [-0.25, -0.2) is 4.98 Å². The zero-order chi connectivity index (χ0) is 14.2. The van der Waals surface area contributed by atoms with E-state index in [1.165, 1.54) is 5.69 Å². The number of nitrogens with zero attached hydrogens (tertiary/aromatic N) is 3. The van der Waals surface area contributed by atoms with Crippen molar-refractivity contribution in [1.29, 1.82) is 0 Å². The zero-order valence-electron chi connectivity index (χ0n) is 12.3. The molecule has 0 spiro atoms. The van der Waals surface area contributed by atoms with Crippen molar-refractivity contribution in [3.05, 3.63) is 17.3 Å². The minimum absolute atomic E-state index is 0.0997. The Kier molecular flexibility index (Phi) is 3.70. The molecule has 3 rings (SSSR count). The van der Waals surface area contributed by atoms with E-state index in [1.54, 1.807) is 11.3 Å². The third kappa shape index (κ3) is 2.82. The molecule has 0 aliphatic carbocycles. The van der Waals surface area contributed by atoms with Crippen LogP contribution in [0.2, 0.25) is 0 Å². The molecule has 0 unspecified atom stereocenters. The summed E-state index contributed by atoms with van der Waals surface area (Å²) in [6.45, 7) is 10.8. The monoisotopic (exact) mass is 294 g/mol. The molecule has 0 saturated carbocycles. The highest BCUT2D eigenvalue weighted by atomic mass is 32.1. The number of hydrogen-bond acceptors (Lipinski definition) is 5. The number of thiazole rings is 1. The highest BCUT2D eigenvalue weighted by molar-refractivity contribution is 7.15. The molecular formula is C14H22N4OS. The van der Waals surface area contributed by atoms with E-state index < -0.39 is 0 Å². The quantitative estimate of drug-likeness (QED) is 0.941. The Morgan fingerprint density at radius 1 is 1.35 bits per heavy atom. The van der Waals surface area contributed by atoms with Gasteiger partial charge in [0.1, 0.15) is 0 Å². The van der Waals surface area contributed by atoms with Gasteiger partial charge >= 0.3 is 0 Å². The van der Waals surface area contributed by atoms with Gasteiger partial charge in [0, 0.05) is 36.8 Å². The fourth-order valence-corrected chi connectivity index (χ4v) is 3.09. The molecule has 1 aliphatic heterocycles. The lowest BCUT2D eigenvalue weighted by molar-refractivity contribution is 0.122. The van der Waals surface area contributed by atoms with Gasteiger partial charge in [0.2, 0.25) is 0 Å². The summed E-state index contributed by atoms with van der Waals surface area (Å²) in [6.07, 6.45) is 2.11. The lowest BCUT2D eigenvalue weighted by atomic mass is 10.1. The molecule has 110 valence electrons. The Labute approximate surface area is 123 Å². The maximum Gasteiger partial charge on any atom is 0.195 e. The number of anilines is 1. The number of fused-ring (bicyclic) bond motifs is 1. The maximum atomic E-state index is 5.44. The Morgan fingerprint density at radius 3 is 2.80 bits per heavy atom. The van der Waals surface area contributed by atoms with Crippen LogP contribution in [0.1, 0.15) is 26.5 Å². The van der Waals surface area contributed by atoms with E-state index in [2.05, 4.69) is 47.0 Å². The van der Waals surface area contributed by atoms with Crippen LogP contribution in [0.4, 0.5) is 5.82 Å². The predicted octanol–water partition coefficient (Wildman–Crippen LogP) is 2.12. The second-order valence-electron chi connectivity index (χ2n) is 6.14. The third-order valence-electron chi connectivity index (χ3n) is 3.44. The summed E-state index contributed by atoms with van der Waals surface area (Å²) >= 11 is 1.69. The lowest BCUT2D eigenvalue weighted by Crippen LogP contribution is -2.39. The van der Waals surface area contributed by atoms with Crippen LogP contribution >= 0.6 is 11.3 Å². The van der Waals surface area contributed by atoms with E-state index in [-0.39, 0.29) is 5.54 Å². The van der Waals surface area contributed by atoms with Crippen LogP contribution in [0, 0.1) is 0 Å². The van der Waals surface area contributed by atoms with Crippen molar-refractivity contribution in [2.45, 2.75) is 32.9 Å². The van der Waals surface area contributed by atoms with Crippen LogP contribution in [0.25, 0.3) is 4.96 Å². The summed E-state index contributed by atoms with van der Waals surface area (Å²) in [5, 5.41) is 5.66. The Balaban J connectivity index is 1.91. The van der Waals surface area contributed by atoms with Gasteiger partial charge in [0.15, 0.2) is 10.8 Å². The minimum Gasteiger partial charge on any atom is -0.378 e. The molecule has 0 aromatic carbocycles. The van der Waals surface area contributed by atoms with Crippen molar-refractivity contribution in [2.24, 2.45) is 0 Å². The van der Waals surface area contributed by atoms with Crippen molar-refractivity contribution < 1.29 is 4.74 Å². The van der Waals surface area contributed by atoms with E-state index >= 15 is 0 Å². The summed E-state index contributed by atoms with van der Waals surface area (Å²) in [4.78, 5) is 8.21. The molecule has 2 aromatic heterocycles. The fourth-order valence-electron chi connectivity index (χ4n) is 2.36. The van der Waals surface area contributed by atoms with E-state index in [0.29, 0.717) is 0 Å². The smallest absolute Gasteiger partial charge is 0.195 e. The largest absolute Gasteiger partial charge is 0.378 e. The molecule has 0 radical (unpaired) electrons. The highest BCUT2D eigenvalue weighted by Gasteiger charge is 2.22. The molecule has 0 amide bonds. The summed E-state index contributed by atoms with van der Waals surface area (Å²) in [5.41, 5.74) is 1.35. The Morgan fingerprint density at radius 2 is 2.10 bits per heavy atom. The predicted molar refractivity (Wildman–Crippen MR) is 82.7 cm³/mol. The number of nitrogens with one attached hydrogen (secondary N) is 1. The molecule has 2 aromatic rings. The van der Waals surface area contributed by atoms with Gasteiger partial charge in [0.05, 0.1) is 18.9 Å². The Hall–Kier alpha value is -1.11. The molecule has 6 heteroatoms. The van der Waals surface area contributed by atoms with Gasteiger partial charge in [0.25, 0.3) is 0 Å². The normalized spacial score (nSPS) is 17.1. The molecule has 1 aliphatic rings. The number of ether oxygens (including phenoxy) is 1. The molecule has 20 heavy (non-hydrogen) atoms. The van der Waals surface area contributed by atoms with Gasteiger partial charge in [-0.3, -0.25) is 4.40 Å². The lowest BCUT2D eigenvalue weighted by Gasteiger charge is -2.28. The van der Waals surface area contributed by atoms with Gasteiger partial charge in [-0.2, -0.15) is 0 Å². The first-order valence-corrected chi connectivity index (χ1v) is 7.95. The summed E-state index contributed by atoms with van der Waals surface area (Å²) in [7, 11) is 0. The van der Waals surface area contributed by atoms with Crippen molar-refractivity contribution in [3.63, 3.8) is 0 Å². The first-order chi connectivity index (χ1) is 9.54. The topological polar surface area (TPSA) is 41.8 Å². The molecule has 5 nitrogen and oxygen atoms in total. The summed E-state index contributed by atoms with van der Waals surface area (Å²) < 4.78 is 7.64. The summed E-state index contributed by atoms with van der Waals surface area (Å²) in [6, 6.07) is 0. The molecule has 3 heterocycles. The molecule has 1 saturated heterocycles. The van der Waals surface area contributed by atoms with Crippen molar-refractivity contribution in [1.82, 2.24) is 14.7 Å². The second-order valence-corrected chi connectivity index (χ2v) is 7.01. The van der Waals surface area contributed by atoms with Gasteiger partial charge in [-0.1, -0.05) is 0 Å². The van der Waals surface area contributed by atoms with Crippen LogP contribution in [-0.4, -0.2) is 41.2 Å². The maximum absolute atomic E-state index is 5.44. The molecule has 1 fully saturated rings. The average Bonchev–Trinajstić information content (AvgIpc) is 2.97. The number of imidazole rings is 1. The number of aromatic nitrogens is 2. The third-order valence-corrected chi connectivity index (χ3v) is 4.19. The van der Waals surface area contributed by atoms with Crippen LogP contribution in [0.5, 0.6) is 0 Å². The van der Waals surface area contributed by atoms with Crippen molar-refractivity contribution >= 4 is 22.1 Å². The van der Waals surface area contributed by atoms with Crippen LogP contribution in [0.15, 0.2) is 11.6 Å². The molecular weight excluding hydrogens is 272 g/mol.